The maximum absolute atomic E-state index is 13.6. The van der Waals surface area contributed by atoms with E-state index in [0.717, 1.165) is 25.2 Å². The molecule has 0 unspecified atom stereocenters. The molecule has 2 atom stereocenters. The summed E-state index contributed by atoms with van der Waals surface area (Å²) in [5, 5.41) is 0. The van der Waals surface area contributed by atoms with E-state index in [-0.39, 0.29) is 18.0 Å². The maximum atomic E-state index is 13.6. The Morgan fingerprint density at radius 2 is 2.00 bits per heavy atom. The van der Waals surface area contributed by atoms with Crippen LogP contribution in [0.1, 0.15) is 19.4 Å². The first-order valence-electron chi connectivity index (χ1n) is 6.28. The van der Waals surface area contributed by atoms with Crippen molar-refractivity contribution in [2.45, 2.75) is 32.6 Å². The molecular weight excluding hydrogens is 233 g/mol. The summed E-state index contributed by atoms with van der Waals surface area (Å²) in [5.41, 5.74) is 0.967. The van der Waals surface area contributed by atoms with Crippen LogP contribution in [0.15, 0.2) is 18.2 Å². The highest BCUT2D eigenvalue weighted by atomic mass is 19.1. The van der Waals surface area contributed by atoms with E-state index in [1.54, 1.807) is 12.1 Å². The Hall–Kier alpha value is -1.13. The van der Waals surface area contributed by atoms with Crippen LogP contribution in [0.5, 0.6) is 5.75 Å². The Labute approximate surface area is 107 Å². The van der Waals surface area contributed by atoms with Crippen molar-refractivity contribution in [3.8, 4) is 5.75 Å². The summed E-state index contributed by atoms with van der Waals surface area (Å²) >= 11 is 0. The molecule has 100 valence electrons. The van der Waals surface area contributed by atoms with Crippen molar-refractivity contribution in [2.75, 3.05) is 20.2 Å². The zero-order chi connectivity index (χ0) is 13.1. The van der Waals surface area contributed by atoms with E-state index in [4.69, 9.17) is 9.47 Å². The molecule has 0 N–H and O–H groups in total. The number of benzene rings is 1. The molecule has 2 rings (SSSR count). The van der Waals surface area contributed by atoms with Crippen LogP contribution in [-0.2, 0) is 11.3 Å². The van der Waals surface area contributed by atoms with Gasteiger partial charge in [0.15, 0.2) is 11.6 Å². The third-order valence-electron chi connectivity index (χ3n) is 3.12. The second kappa shape index (κ2) is 5.67. The first-order chi connectivity index (χ1) is 8.58. The van der Waals surface area contributed by atoms with Crippen LogP contribution < -0.4 is 4.74 Å². The first kappa shape index (κ1) is 13.3. The van der Waals surface area contributed by atoms with Crippen LogP contribution in [0, 0.1) is 5.82 Å². The predicted molar refractivity (Wildman–Crippen MR) is 68.2 cm³/mol. The fraction of sp³-hybridized carbons (Fsp3) is 0.571. The summed E-state index contributed by atoms with van der Waals surface area (Å²) in [6.07, 6.45) is 0.466. The molecule has 0 aliphatic carbocycles. The molecule has 4 heteroatoms. The van der Waals surface area contributed by atoms with Crippen molar-refractivity contribution in [1.82, 2.24) is 4.90 Å². The van der Waals surface area contributed by atoms with Crippen LogP contribution in [0.4, 0.5) is 4.39 Å². The minimum atomic E-state index is -0.302. The van der Waals surface area contributed by atoms with Crippen molar-refractivity contribution >= 4 is 0 Å². The van der Waals surface area contributed by atoms with Gasteiger partial charge in [-0.3, -0.25) is 4.90 Å². The minimum Gasteiger partial charge on any atom is -0.494 e. The molecular formula is C14H20FNO2. The lowest BCUT2D eigenvalue weighted by molar-refractivity contribution is -0.0705. The number of halogens is 1. The van der Waals surface area contributed by atoms with E-state index in [1.807, 2.05) is 6.07 Å². The molecule has 0 amide bonds. The molecule has 1 aromatic rings. The minimum absolute atomic E-state index is 0.233. The van der Waals surface area contributed by atoms with Gasteiger partial charge in [0.2, 0.25) is 0 Å². The van der Waals surface area contributed by atoms with Crippen LogP contribution in [-0.4, -0.2) is 37.3 Å². The topological polar surface area (TPSA) is 21.7 Å². The van der Waals surface area contributed by atoms with Crippen LogP contribution in [0.25, 0.3) is 0 Å². The number of ether oxygens (including phenoxy) is 2. The molecule has 1 heterocycles. The number of rotatable bonds is 3. The van der Waals surface area contributed by atoms with Gasteiger partial charge >= 0.3 is 0 Å². The second-order valence-electron chi connectivity index (χ2n) is 4.92. The first-order valence-corrected chi connectivity index (χ1v) is 6.28. The highest BCUT2D eigenvalue weighted by Crippen LogP contribution is 2.20. The molecule has 18 heavy (non-hydrogen) atoms. The second-order valence-corrected chi connectivity index (χ2v) is 4.92. The Kier molecular flexibility index (Phi) is 4.19. The lowest BCUT2D eigenvalue weighted by Gasteiger charge is -2.35. The van der Waals surface area contributed by atoms with Crippen molar-refractivity contribution < 1.29 is 13.9 Å². The third-order valence-corrected chi connectivity index (χ3v) is 3.12. The summed E-state index contributed by atoms with van der Waals surface area (Å²) < 4.78 is 24.2. The molecule has 0 radical (unpaired) electrons. The SMILES string of the molecule is COc1ccc(CN2C[C@@H](C)O[C@@H](C)C2)cc1F. The van der Waals surface area contributed by atoms with Gasteiger partial charge < -0.3 is 9.47 Å². The molecule has 0 bridgehead atoms. The maximum Gasteiger partial charge on any atom is 0.165 e. The standard InChI is InChI=1S/C14H20FNO2/c1-10-7-16(8-11(2)18-10)9-12-4-5-14(17-3)13(15)6-12/h4-6,10-11H,7-9H2,1-3H3/t10-,11+. The van der Waals surface area contributed by atoms with E-state index < -0.39 is 0 Å². The summed E-state index contributed by atoms with van der Waals surface area (Å²) in [7, 11) is 1.48. The third kappa shape index (κ3) is 3.21. The summed E-state index contributed by atoms with van der Waals surface area (Å²) in [4.78, 5) is 2.29. The van der Waals surface area contributed by atoms with Crippen molar-refractivity contribution in [3.63, 3.8) is 0 Å². The van der Waals surface area contributed by atoms with E-state index in [9.17, 15) is 4.39 Å². The Bertz CT molecular complexity index is 401. The zero-order valence-electron chi connectivity index (χ0n) is 11.1. The smallest absolute Gasteiger partial charge is 0.165 e. The Balaban J connectivity index is 2.02. The number of methoxy groups -OCH3 is 1. The lowest BCUT2D eigenvalue weighted by Crippen LogP contribution is -2.44. The van der Waals surface area contributed by atoms with E-state index in [0.29, 0.717) is 5.75 Å². The molecule has 1 saturated heterocycles. The lowest BCUT2D eigenvalue weighted by atomic mass is 10.1. The molecule has 1 aromatic carbocycles. The highest BCUT2D eigenvalue weighted by Gasteiger charge is 2.22. The van der Waals surface area contributed by atoms with E-state index in [1.165, 1.54) is 7.11 Å². The van der Waals surface area contributed by atoms with Gasteiger partial charge in [-0.1, -0.05) is 6.07 Å². The normalized spacial score (nSPS) is 25.1. The summed E-state index contributed by atoms with van der Waals surface area (Å²) in [6, 6.07) is 5.13. The average molecular weight is 253 g/mol. The van der Waals surface area contributed by atoms with Gasteiger partial charge in [-0.25, -0.2) is 4.39 Å². The molecule has 1 aliphatic heterocycles. The van der Waals surface area contributed by atoms with Gasteiger partial charge in [-0.15, -0.1) is 0 Å². The number of hydrogen-bond donors (Lipinski definition) is 0. The highest BCUT2D eigenvalue weighted by molar-refractivity contribution is 5.29. The quantitative estimate of drug-likeness (QED) is 0.826. The van der Waals surface area contributed by atoms with Crippen LogP contribution in [0.3, 0.4) is 0 Å². The molecule has 1 fully saturated rings. The van der Waals surface area contributed by atoms with E-state index in [2.05, 4.69) is 18.7 Å². The zero-order valence-corrected chi connectivity index (χ0v) is 11.1. The molecule has 0 spiro atoms. The van der Waals surface area contributed by atoms with Gasteiger partial charge in [0.05, 0.1) is 19.3 Å². The van der Waals surface area contributed by atoms with Gasteiger partial charge in [0.25, 0.3) is 0 Å². The van der Waals surface area contributed by atoms with Gasteiger partial charge in [0, 0.05) is 19.6 Å². The van der Waals surface area contributed by atoms with E-state index >= 15 is 0 Å². The van der Waals surface area contributed by atoms with Crippen molar-refractivity contribution in [1.29, 1.82) is 0 Å². The summed E-state index contributed by atoms with van der Waals surface area (Å²) in [5.74, 6) is -0.00757. The van der Waals surface area contributed by atoms with Gasteiger partial charge in [0.1, 0.15) is 0 Å². The number of hydrogen-bond acceptors (Lipinski definition) is 3. The molecule has 1 aliphatic rings. The van der Waals surface area contributed by atoms with Gasteiger partial charge in [-0.05, 0) is 31.5 Å². The van der Waals surface area contributed by atoms with Crippen molar-refractivity contribution in [2.24, 2.45) is 0 Å². The van der Waals surface area contributed by atoms with Crippen LogP contribution >= 0.6 is 0 Å². The molecule has 0 saturated carbocycles. The average Bonchev–Trinajstić information content (AvgIpc) is 2.27. The van der Waals surface area contributed by atoms with Crippen molar-refractivity contribution in [3.05, 3.63) is 29.6 Å². The Morgan fingerprint density at radius 3 is 2.56 bits per heavy atom. The fourth-order valence-electron chi connectivity index (χ4n) is 2.48. The largest absolute Gasteiger partial charge is 0.494 e. The molecule has 0 aromatic heterocycles. The predicted octanol–water partition coefficient (Wildman–Crippen LogP) is 2.44. The van der Waals surface area contributed by atoms with Crippen LogP contribution in [0.2, 0.25) is 0 Å². The number of nitrogens with zero attached hydrogens (tertiary/aromatic N) is 1. The Morgan fingerprint density at radius 1 is 1.33 bits per heavy atom. The van der Waals surface area contributed by atoms with Gasteiger partial charge in [-0.2, -0.15) is 0 Å². The molecule has 3 nitrogen and oxygen atoms in total. The summed E-state index contributed by atoms with van der Waals surface area (Å²) in [6.45, 7) is 6.66. The number of morpholine rings is 1. The monoisotopic (exact) mass is 253 g/mol. The fourth-order valence-corrected chi connectivity index (χ4v) is 2.48.